The van der Waals surface area contributed by atoms with Crippen molar-refractivity contribution in [2.24, 2.45) is 0 Å². The van der Waals surface area contributed by atoms with Crippen molar-refractivity contribution < 1.29 is 0 Å². The van der Waals surface area contributed by atoms with E-state index in [1.165, 1.54) is 63.5 Å². The maximum absolute atomic E-state index is 5.17. The van der Waals surface area contributed by atoms with E-state index >= 15 is 0 Å². The van der Waals surface area contributed by atoms with E-state index in [9.17, 15) is 0 Å². The van der Waals surface area contributed by atoms with Crippen LogP contribution in [0.15, 0.2) is 170 Å². The van der Waals surface area contributed by atoms with Gasteiger partial charge >= 0.3 is 0 Å². The SMILES string of the molecule is c1ccc(-c2nc(-c3cccc(-n4c5ccc6ccccc6c5c5c6ccccc6ccc54)c3)nc(-c3ccc4sc5ccccc5c4c3)n2)cc1. The lowest BCUT2D eigenvalue weighted by molar-refractivity contribution is 1.07. The molecule has 0 aliphatic carbocycles. The minimum atomic E-state index is 0.637. The Morgan fingerprint density at radius 1 is 0.365 bits per heavy atom. The molecule has 0 saturated carbocycles. The van der Waals surface area contributed by atoms with E-state index in [1.54, 1.807) is 0 Å². The summed E-state index contributed by atoms with van der Waals surface area (Å²) in [5.74, 6) is 1.94. The number of rotatable bonds is 4. The summed E-state index contributed by atoms with van der Waals surface area (Å²) >= 11 is 1.81. The summed E-state index contributed by atoms with van der Waals surface area (Å²) in [6.07, 6.45) is 0. The fraction of sp³-hybridized carbons (Fsp3) is 0. The highest BCUT2D eigenvalue weighted by Gasteiger charge is 2.19. The lowest BCUT2D eigenvalue weighted by Gasteiger charge is -2.12. The first kappa shape index (κ1) is 29.1. The first-order chi connectivity index (χ1) is 25.8. The summed E-state index contributed by atoms with van der Waals surface area (Å²) in [6.45, 7) is 0. The van der Waals surface area contributed by atoms with Crippen LogP contribution in [0.25, 0.3) is 103 Å². The lowest BCUT2D eigenvalue weighted by Crippen LogP contribution is -2.01. The van der Waals surface area contributed by atoms with Crippen molar-refractivity contribution in [3.05, 3.63) is 170 Å². The largest absolute Gasteiger partial charge is 0.309 e. The predicted octanol–water partition coefficient (Wildman–Crippen LogP) is 12.6. The van der Waals surface area contributed by atoms with Crippen molar-refractivity contribution in [3.63, 3.8) is 0 Å². The van der Waals surface area contributed by atoms with Crippen molar-refractivity contribution in [2.75, 3.05) is 0 Å². The summed E-state index contributed by atoms with van der Waals surface area (Å²) in [7, 11) is 0. The standard InChI is InChI=1S/C47H28N4S/c1-2-13-31(14-3-1)45-48-46(50-47(49-45)33-23-26-42-38(28-33)37-19-8-9-20-41(37)52-42)32-15-10-16-34(27-32)51-39-24-21-29-11-4-6-17-35(29)43(39)44-36-18-7-5-12-30(36)22-25-40(44)51/h1-28H. The van der Waals surface area contributed by atoms with Gasteiger partial charge in [-0.05, 0) is 70.1 Å². The van der Waals surface area contributed by atoms with Gasteiger partial charge in [0.2, 0.25) is 0 Å². The summed E-state index contributed by atoms with van der Waals surface area (Å²) in [4.78, 5) is 15.3. The van der Waals surface area contributed by atoms with Gasteiger partial charge in [0.05, 0.1) is 11.0 Å². The normalized spacial score (nSPS) is 11.8. The minimum absolute atomic E-state index is 0.637. The third kappa shape index (κ3) is 4.50. The molecule has 0 aliphatic heterocycles. The molecule has 0 bridgehead atoms. The average molecular weight is 681 g/mol. The highest BCUT2D eigenvalue weighted by Crippen LogP contribution is 2.41. The molecule has 0 atom stereocenters. The van der Waals surface area contributed by atoms with E-state index in [0.717, 1.165) is 22.4 Å². The third-order valence-electron chi connectivity index (χ3n) is 10.2. The summed E-state index contributed by atoms with van der Waals surface area (Å²) in [5.41, 5.74) is 6.23. The van der Waals surface area contributed by atoms with Crippen molar-refractivity contribution in [3.8, 4) is 39.9 Å². The van der Waals surface area contributed by atoms with Gasteiger partial charge in [-0.15, -0.1) is 11.3 Å². The second-order valence-corrected chi connectivity index (χ2v) is 14.3. The molecule has 3 aromatic heterocycles. The summed E-state index contributed by atoms with van der Waals surface area (Å²) in [5, 5.41) is 9.96. The average Bonchev–Trinajstić information content (AvgIpc) is 3.77. The van der Waals surface area contributed by atoms with E-state index in [4.69, 9.17) is 15.0 Å². The molecule has 0 amide bonds. The Morgan fingerprint density at radius 2 is 0.904 bits per heavy atom. The second-order valence-electron chi connectivity index (χ2n) is 13.2. The van der Waals surface area contributed by atoms with Gasteiger partial charge in [0.15, 0.2) is 17.5 Å². The molecule has 0 N–H and O–H groups in total. The van der Waals surface area contributed by atoms with Crippen LogP contribution in [0.3, 0.4) is 0 Å². The molecule has 0 unspecified atom stereocenters. The fourth-order valence-corrected chi connectivity index (χ4v) is 8.91. The lowest BCUT2D eigenvalue weighted by atomic mass is 10.00. The van der Waals surface area contributed by atoms with Gasteiger partial charge in [-0.1, -0.05) is 121 Å². The maximum Gasteiger partial charge on any atom is 0.164 e. The van der Waals surface area contributed by atoms with Gasteiger partial charge in [-0.25, -0.2) is 15.0 Å². The van der Waals surface area contributed by atoms with Crippen molar-refractivity contribution in [1.29, 1.82) is 0 Å². The highest BCUT2D eigenvalue weighted by atomic mass is 32.1. The quantitative estimate of drug-likeness (QED) is 0.186. The molecular weight excluding hydrogens is 653 g/mol. The Labute approximate surface area is 302 Å². The first-order valence-electron chi connectivity index (χ1n) is 17.4. The Morgan fingerprint density at radius 3 is 1.60 bits per heavy atom. The molecule has 242 valence electrons. The Balaban J connectivity index is 1.14. The number of benzene rings is 8. The minimum Gasteiger partial charge on any atom is -0.309 e. The Bertz CT molecular complexity index is 3100. The second kappa shape index (κ2) is 11.4. The van der Waals surface area contributed by atoms with Crippen LogP contribution in [0.2, 0.25) is 0 Å². The van der Waals surface area contributed by atoms with Crippen molar-refractivity contribution >= 4 is 74.9 Å². The van der Waals surface area contributed by atoms with Crippen molar-refractivity contribution in [2.45, 2.75) is 0 Å². The first-order valence-corrected chi connectivity index (χ1v) is 18.3. The zero-order chi connectivity index (χ0) is 34.2. The molecule has 0 saturated heterocycles. The van der Waals surface area contributed by atoms with Crippen LogP contribution in [-0.4, -0.2) is 19.5 Å². The monoisotopic (exact) mass is 680 g/mol. The summed E-state index contributed by atoms with van der Waals surface area (Å²) in [6, 6.07) is 60.3. The molecule has 11 aromatic rings. The number of aromatic nitrogens is 4. The molecule has 5 heteroatoms. The molecule has 0 fully saturated rings. The fourth-order valence-electron chi connectivity index (χ4n) is 7.83. The van der Waals surface area contributed by atoms with Crippen LogP contribution in [0, 0.1) is 0 Å². The van der Waals surface area contributed by atoms with Crippen LogP contribution >= 0.6 is 11.3 Å². The van der Waals surface area contributed by atoms with Crippen LogP contribution in [0.1, 0.15) is 0 Å². The van der Waals surface area contributed by atoms with Crippen LogP contribution in [-0.2, 0) is 0 Å². The van der Waals surface area contributed by atoms with E-state index in [1.807, 2.05) is 29.5 Å². The predicted molar refractivity (Wildman–Crippen MR) is 218 cm³/mol. The zero-order valence-corrected chi connectivity index (χ0v) is 28.7. The zero-order valence-electron chi connectivity index (χ0n) is 27.9. The smallest absolute Gasteiger partial charge is 0.164 e. The Hall–Kier alpha value is -6.69. The topological polar surface area (TPSA) is 43.6 Å². The van der Waals surface area contributed by atoms with E-state index in [0.29, 0.717) is 17.5 Å². The molecule has 52 heavy (non-hydrogen) atoms. The van der Waals surface area contributed by atoms with Gasteiger partial charge < -0.3 is 4.57 Å². The van der Waals surface area contributed by atoms with Crippen LogP contribution in [0.4, 0.5) is 0 Å². The molecule has 3 heterocycles. The van der Waals surface area contributed by atoms with Crippen molar-refractivity contribution in [1.82, 2.24) is 19.5 Å². The molecule has 4 nitrogen and oxygen atoms in total. The summed E-state index contributed by atoms with van der Waals surface area (Å²) < 4.78 is 4.92. The van der Waals surface area contributed by atoms with Gasteiger partial charge in [0.1, 0.15) is 0 Å². The number of fused-ring (bicyclic) bond motifs is 10. The van der Waals surface area contributed by atoms with Crippen LogP contribution < -0.4 is 0 Å². The number of thiophene rings is 1. The third-order valence-corrected chi connectivity index (χ3v) is 11.4. The molecule has 8 aromatic carbocycles. The van der Waals surface area contributed by atoms with E-state index < -0.39 is 0 Å². The van der Waals surface area contributed by atoms with Crippen LogP contribution in [0.5, 0.6) is 0 Å². The molecule has 0 radical (unpaired) electrons. The maximum atomic E-state index is 5.17. The molecule has 0 spiro atoms. The molecule has 11 rings (SSSR count). The Kier molecular flexibility index (Phi) is 6.39. The number of hydrogen-bond acceptors (Lipinski definition) is 4. The van der Waals surface area contributed by atoms with Gasteiger partial charge in [0.25, 0.3) is 0 Å². The van der Waals surface area contributed by atoms with Gasteiger partial charge in [0, 0.05) is 53.3 Å². The van der Waals surface area contributed by atoms with Gasteiger partial charge in [-0.3, -0.25) is 0 Å². The highest BCUT2D eigenvalue weighted by molar-refractivity contribution is 7.25. The van der Waals surface area contributed by atoms with E-state index in [-0.39, 0.29) is 0 Å². The van der Waals surface area contributed by atoms with E-state index in [2.05, 4.69) is 156 Å². The number of hydrogen-bond donors (Lipinski definition) is 0. The molecule has 0 aliphatic rings. The van der Waals surface area contributed by atoms with Gasteiger partial charge in [-0.2, -0.15) is 0 Å². The molecular formula is C47H28N4S. The number of nitrogens with zero attached hydrogens (tertiary/aromatic N) is 4.